The molecule has 102 valence electrons. The molecule has 3 rings (SSSR count). The molecule has 4 nitrogen and oxygen atoms in total. The Hall–Kier alpha value is -1.39. The maximum atomic E-state index is 11.7. The molecule has 0 radical (unpaired) electrons. The number of hydrogen-bond donors (Lipinski definition) is 1. The van der Waals surface area contributed by atoms with Crippen LogP contribution < -0.4 is 10.2 Å². The number of carbonyl (C=O) groups excluding carboxylic acids is 1. The van der Waals surface area contributed by atoms with Gasteiger partial charge < -0.3 is 15.1 Å². The van der Waals surface area contributed by atoms with Gasteiger partial charge in [0.2, 0.25) is 5.91 Å². The van der Waals surface area contributed by atoms with Crippen LogP contribution in [0.1, 0.15) is 11.1 Å². The van der Waals surface area contributed by atoms with Gasteiger partial charge in [-0.1, -0.05) is 12.1 Å². The van der Waals surface area contributed by atoms with Gasteiger partial charge in [0.25, 0.3) is 0 Å². The molecule has 4 heteroatoms. The van der Waals surface area contributed by atoms with Crippen molar-refractivity contribution in [2.45, 2.75) is 13.0 Å². The van der Waals surface area contributed by atoms with Crippen molar-refractivity contribution in [3.8, 4) is 0 Å². The fourth-order valence-electron chi connectivity index (χ4n) is 2.92. The first-order chi connectivity index (χ1) is 9.13. The number of nitrogens with one attached hydrogen (secondary N) is 1. The van der Waals surface area contributed by atoms with Gasteiger partial charge in [-0.15, -0.1) is 0 Å². The van der Waals surface area contributed by atoms with Crippen molar-refractivity contribution in [3.05, 3.63) is 29.3 Å². The Morgan fingerprint density at radius 1 is 1.42 bits per heavy atom. The van der Waals surface area contributed by atoms with Gasteiger partial charge in [0.05, 0.1) is 6.42 Å². The topological polar surface area (TPSA) is 35.6 Å². The van der Waals surface area contributed by atoms with E-state index in [0.717, 1.165) is 37.8 Å². The van der Waals surface area contributed by atoms with Crippen molar-refractivity contribution >= 4 is 11.6 Å². The van der Waals surface area contributed by atoms with Gasteiger partial charge in [-0.3, -0.25) is 4.79 Å². The number of likely N-dealkylation sites (N-methyl/N-ethyl adjacent to an activating group) is 1. The Labute approximate surface area is 114 Å². The first-order valence-electron chi connectivity index (χ1n) is 6.91. The fraction of sp³-hybridized carbons (Fsp3) is 0.533. The van der Waals surface area contributed by atoms with E-state index in [1.165, 1.54) is 11.1 Å². The summed E-state index contributed by atoms with van der Waals surface area (Å²) in [6.45, 7) is 4.40. The average molecular weight is 259 g/mol. The first kappa shape index (κ1) is 12.6. The Kier molecular flexibility index (Phi) is 3.29. The number of benzene rings is 1. The van der Waals surface area contributed by atoms with Crippen molar-refractivity contribution in [2.24, 2.45) is 5.92 Å². The molecule has 1 fully saturated rings. The monoisotopic (exact) mass is 259 g/mol. The molecule has 0 aromatic heterocycles. The highest BCUT2D eigenvalue weighted by Gasteiger charge is 2.24. The van der Waals surface area contributed by atoms with E-state index < -0.39 is 0 Å². The summed E-state index contributed by atoms with van der Waals surface area (Å²) in [7, 11) is 4.02. The van der Waals surface area contributed by atoms with Crippen LogP contribution in [0.15, 0.2) is 18.2 Å². The van der Waals surface area contributed by atoms with E-state index in [4.69, 9.17) is 0 Å². The van der Waals surface area contributed by atoms with Crippen LogP contribution in [0.3, 0.4) is 0 Å². The zero-order valence-corrected chi connectivity index (χ0v) is 11.6. The van der Waals surface area contributed by atoms with Crippen molar-refractivity contribution in [3.63, 3.8) is 0 Å². The van der Waals surface area contributed by atoms with E-state index >= 15 is 0 Å². The molecule has 19 heavy (non-hydrogen) atoms. The third kappa shape index (κ3) is 2.51. The van der Waals surface area contributed by atoms with Gasteiger partial charge >= 0.3 is 0 Å². The third-order valence-electron chi connectivity index (χ3n) is 4.11. The quantitative estimate of drug-likeness (QED) is 0.871. The number of amides is 1. The van der Waals surface area contributed by atoms with E-state index in [1.54, 1.807) is 4.90 Å². The van der Waals surface area contributed by atoms with Gasteiger partial charge in [-0.05, 0) is 30.2 Å². The Bertz CT molecular complexity index is 496. The summed E-state index contributed by atoms with van der Waals surface area (Å²) in [5, 5.41) is 3.30. The zero-order chi connectivity index (χ0) is 13.4. The lowest BCUT2D eigenvalue weighted by Gasteiger charge is -2.31. The summed E-state index contributed by atoms with van der Waals surface area (Å²) in [4.78, 5) is 15.8. The summed E-state index contributed by atoms with van der Waals surface area (Å²) >= 11 is 0. The SMILES string of the molecule is CN(Cc1ccc2c(c1)CC(=O)N2C)CC1CNC1. The lowest BCUT2D eigenvalue weighted by molar-refractivity contribution is -0.117. The average Bonchev–Trinajstić information content (AvgIpc) is 2.60. The van der Waals surface area contributed by atoms with Crippen molar-refractivity contribution in [2.75, 3.05) is 38.6 Å². The van der Waals surface area contributed by atoms with Gasteiger partial charge in [-0.2, -0.15) is 0 Å². The predicted molar refractivity (Wildman–Crippen MR) is 76.2 cm³/mol. The molecule has 0 saturated carbocycles. The Balaban J connectivity index is 1.66. The lowest BCUT2D eigenvalue weighted by Crippen LogP contribution is -2.47. The smallest absolute Gasteiger partial charge is 0.231 e. The van der Waals surface area contributed by atoms with Gasteiger partial charge in [0.1, 0.15) is 0 Å². The molecule has 1 amide bonds. The van der Waals surface area contributed by atoms with E-state index in [0.29, 0.717) is 6.42 Å². The third-order valence-corrected chi connectivity index (χ3v) is 4.11. The van der Waals surface area contributed by atoms with Crippen molar-refractivity contribution in [1.29, 1.82) is 0 Å². The van der Waals surface area contributed by atoms with Crippen molar-refractivity contribution < 1.29 is 4.79 Å². The summed E-state index contributed by atoms with van der Waals surface area (Å²) < 4.78 is 0. The summed E-state index contributed by atoms with van der Waals surface area (Å²) in [6.07, 6.45) is 0.552. The molecule has 2 aliphatic rings. The summed E-state index contributed by atoms with van der Waals surface area (Å²) in [5.74, 6) is 0.994. The minimum atomic E-state index is 0.195. The molecule has 1 aromatic carbocycles. The fourth-order valence-corrected chi connectivity index (χ4v) is 2.92. The van der Waals surface area contributed by atoms with Gasteiger partial charge in [0.15, 0.2) is 0 Å². The van der Waals surface area contributed by atoms with Crippen LogP contribution in [0.2, 0.25) is 0 Å². The van der Waals surface area contributed by atoms with Crippen LogP contribution >= 0.6 is 0 Å². The van der Waals surface area contributed by atoms with E-state index in [1.807, 2.05) is 7.05 Å². The maximum absolute atomic E-state index is 11.7. The zero-order valence-electron chi connectivity index (χ0n) is 11.6. The predicted octanol–water partition coefficient (Wildman–Crippen LogP) is 0.857. The van der Waals surface area contributed by atoms with Crippen LogP contribution in [-0.4, -0.2) is 44.5 Å². The number of anilines is 1. The number of rotatable bonds is 4. The van der Waals surface area contributed by atoms with Crippen LogP contribution in [0.25, 0.3) is 0 Å². The molecule has 1 N–H and O–H groups in total. The van der Waals surface area contributed by atoms with Gasteiger partial charge in [0, 0.05) is 38.9 Å². The molecular weight excluding hydrogens is 238 g/mol. The summed E-state index contributed by atoms with van der Waals surface area (Å²) in [5.41, 5.74) is 3.54. The molecule has 0 bridgehead atoms. The van der Waals surface area contributed by atoms with Crippen LogP contribution in [0.4, 0.5) is 5.69 Å². The molecular formula is C15H21N3O. The molecule has 2 aliphatic heterocycles. The first-order valence-corrected chi connectivity index (χ1v) is 6.91. The second-order valence-electron chi connectivity index (χ2n) is 5.81. The molecule has 2 heterocycles. The molecule has 0 aliphatic carbocycles. The van der Waals surface area contributed by atoms with Crippen LogP contribution in [0, 0.1) is 5.92 Å². The molecule has 0 atom stereocenters. The largest absolute Gasteiger partial charge is 0.316 e. The Morgan fingerprint density at radius 2 is 2.21 bits per heavy atom. The normalized spacial score (nSPS) is 18.9. The highest BCUT2D eigenvalue weighted by atomic mass is 16.2. The van der Waals surface area contributed by atoms with Crippen molar-refractivity contribution in [1.82, 2.24) is 10.2 Å². The number of fused-ring (bicyclic) bond motifs is 1. The Morgan fingerprint density at radius 3 is 2.89 bits per heavy atom. The van der Waals surface area contributed by atoms with E-state index in [9.17, 15) is 4.79 Å². The number of hydrogen-bond acceptors (Lipinski definition) is 3. The van der Waals surface area contributed by atoms with E-state index in [2.05, 4.69) is 35.5 Å². The maximum Gasteiger partial charge on any atom is 0.231 e. The van der Waals surface area contributed by atoms with Crippen LogP contribution in [-0.2, 0) is 17.8 Å². The second kappa shape index (κ2) is 4.94. The molecule has 1 aromatic rings. The van der Waals surface area contributed by atoms with E-state index in [-0.39, 0.29) is 5.91 Å². The standard InChI is InChI=1S/C15H21N3O/c1-17(10-12-7-16-8-12)9-11-3-4-14-13(5-11)6-15(19)18(14)2/h3-5,12,16H,6-10H2,1-2H3. The second-order valence-corrected chi connectivity index (χ2v) is 5.81. The molecule has 0 unspecified atom stereocenters. The minimum Gasteiger partial charge on any atom is -0.316 e. The molecule has 0 spiro atoms. The molecule has 1 saturated heterocycles. The lowest BCUT2D eigenvalue weighted by atomic mass is 10.0. The summed E-state index contributed by atoms with van der Waals surface area (Å²) in [6, 6.07) is 6.41. The van der Waals surface area contributed by atoms with Crippen LogP contribution in [0.5, 0.6) is 0 Å². The highest BCUT2D eigenvalue weighted by Crippen LogP contribution is 2.28. The van der Waals surface area contributed by atoms with Gasteiger partial charge in [-0.25, -0.2) is 0 Å². The number of nitrogens with zero attached hydrogens (tertiary/aromatic N) is 2. The highest BCUT2D eigenvalue weighted by molar-refractivity contribution is 6.00. The minimum absolute atomic E-state index is 0.195. The number of carbonyl (C=O) groups is 1.